The molecule has 2 aromatic carbocycles. The first-order valence-electron chi connectivity index (χ1n) is 6.83. The second-order valence-corrected chi connectivity index (χ2v) is 4.77. The Morgan fingerprint density at radius 2 is 1.58 bits per heavy atom. The van der Waals surface area contributed by atoms with E-state index in [0.717, 1.165) is 30.9 Å². The summed E-state index contributed by atoms with van der Waals surface area (Å²) in [7, 11) is 0. The van der Waals surface area contributed by atoms with Crippen molar-refractivity contribution in [3.8, 4) is 11.5 Å². The molecule has 0 aromatic heterocycles. The van der Waals surface area contributed by atoms with Crippen LogP contribution in [-0.4, -0.2) is 6.54 Å². The zero-order valence-corrected chi connectivity index (χ0v) is 11.4. The van der Waals surface area contributed by atoms with Crippen LogP contribution in [0.15, 0.2) is 54.6 Å². The van der Waals surface area contributed by atoms with Crippen molar-refractivity contribution in [2.75, 3.05) is 6.54 Å². The van der Waals surface area contributed by atoms with E-state index in [4.69, 9.17) is 10.5 Å². The molecule has 0 heterocycles. The highest BCUT2D eigenvalue weighted by molar-refractivity contribution is 5.33. The summed E-state index contributed by atoms with van der Waals surface area (Å²) in [5, 5.41) is 0. The van der Waals surface area contributed by atoms with Gasteiger partial charge in [0.05, 0.1) is 0 Å². The molecule has 0 spiro atoms. The Balaban J connectivity index is 1.98. The minimum Gasteiger partial charge on any atom is -0.457 e. The van der Waals surface area contributed by atoms with Crippen LogP contribution in [0.2, 0.25) is 0 Å². The molecule has 1 atom stereocenters. The third-order valence-electron chi connectivity index (χ3n) is 3.34. The monoisotopic (exact) mass is 255 g/mol. The Labute approximate surface area is 115 Å². The van der Waals surface area contributed by atoms with Crippen molar-refractivity contribution in [3.05, 3.63) is 60.2 Å². The molecule has 0 fully saturated rings. The zero-order valence-electron chi connectivity index (χ0n) is 11.4. The molecule has 2 rings (SSSR count). The first kappa shape index (κ1) is 13.6. The van der Waals surface area contributed by atoms with Gasteiger partial charge in [0.25, 0.3) is 0 Å². The van der Waals surface area contributed by atoms with Crippen LogP contribution in [0, 0.1) is 5.92 Å². The minimum atomic E-state index is 0.570. The molecule has 1 unspecified atom stereocenters. The largest absolute Gasteiger partial charge is 0.457 e. The van der Waals surface area contributed by atoms with E-state index in [9.17, 15) is 0 Å². The molecule has 0 saturated carbocycles. The third-order valence-corrected chi connectivity index (χ3v) is 3.34. The molecule has 0 radical (unpaired) electrons. The molecule has 0 bridgehead atoms. The van der Waals surface area contributed by atoms with E-state index in [1.165, 1.54) is 5.56 Å². The van der Waals surface area contributed by atoms with Crippen molar-refractivity contribution in [3.63, 3.8) is 0 Å². The Hall–Kier alpha value is -1.80. The molecule has 2 heteroatoms. The fourth-order valence-electron chi connectivity index (χ4n) is 2.05. The van der Waals surface area contributed by atoms with Crippen LogP contribution in [0.4, 0.5) is 0 Å². The fourth-order valence-corrected chi connectivity index (χ4v) is 2.05. The highest BCUT2D eigenvalue weighted by atomic mass is 16.5. The van der Waals surface area contributed by atoms with Crippen molar-refractivity contribution < 1.29 is 4.74 Å². The third kappa shape index (κ3) is 4.11. The van der Waals surface area contributed by atoms with Gasteiger partial charge in [-0.05, 0) is 48.7 Å². The smallest absolute Gasteiger partial charge is 0.127 e. The first-order valence-corrected chi connectivity index (χ1v) is 6.83. The Morgan fingerprint density at radius 3 is 2.16 bits per heavy atom. The molecular formula is C17H21NO. The van der Waals surface area contributed by atoms with E-state index >= 15 is 0 Å². The summed E-state index contributed by atoms with van der Waals surface area (Å²) in [5.74, 6) is 2.31. The van der Waals surface area contributed by atoms with Crippen LogP contribution in [0.1, 0.15) is 18.9 Å². The maximum atomic E-state index is 5.77. The number of nitrogens with two attached hydrogens (primary N) is 1. The van der Waals surface area contributed by atoms with Crippen molar-refractivity contribution in [1.29, 1.82) is 0 Å². The van der Waals surface area contributed by atoms with Crippen LogP contribution < -0.4 is 10.5 Å². The Kier molecular flexibility index (Phi) is 4.99. The molecule has 0 aliphatic rings. The van der Waals surface area contributed by atoms with Crippen LogP contribution in [-0.2, 0) is 6.42 Å². The second kappa shape index (κ2) is 6.95. The van der Waals surface area contributed by atoms with Crippen LogP contribution in [0.25, 0.3) is 0 Å². The normalized spacial score (nSPS) is 12.1. The number of para-hydroxylation sites is 1. The first-order chi connectivity index (χ1) is 9.31. The van der Waals surface area contributed by atoms with Gasteiger partial charge in [-0.2, -0.15) is 0 Å². The second-order valence-electron chi connectivity index (χ2n) is 4.77. The number of rotatable bonds is 6. The SMILES string of the molecule is CCC(CN)Cc1ccc(Oc2ccccc2)cc1. The van der Waals surface area contributed by atoms with E-state index in [0.29, 0.717) is 5.92 Å². The van der Waals surface area contributed by atoms with E-state index in [2.05, 4.69) is 19.1 Å². The maximum Gasteiger partial charge on any atom is 0.127 e. The highest BCUT2D eigenvalue weighted by Crippen LogP contribution is 2.22. The lowest BCUT2D eigenvalue weighted by Crippen LogP contribution is -2.15. The zero-order chi connectivity index (χ0) is 13.5. The quantitative estimate of drug-likeness (QED) is 0.846. The molecule has 2 nitrogen and oxygen atoms in total. The Bertz CT molecular complexity index is 474. The number of benzene rings is 2. The molecule has 0 aliphatic heterocycles. The Morgan fingerprint density at radius 1 is 0.947 bits per heavy atom. The van der Waals surface area contributed by atoms with Crippen LogP contribution in [0.5, 0.6) is 11.5 Å². The lowest BCUT2D eigenvalue weighted by molar-refractivity contribution is 0.481. The summed E-state index contributed by atoms with van der Waals surface area (Å²) < 4.78 is 5.77. The van der Waals surface area contributed by atoms with Gasteiger partial charge in [0, 0.05) is 0 Å². The van der Waals surface area contributed by atoms with Gasteiger partial charge in [-0.15, -0.1) is 0 Å². The lowest BCUT2D eigenvalue weighted by Gasteiger charge is -2.12. The van der Waals surface area contributed by atoms with Crippen molar-refractivity contribution in [2.45, 2.75) is 19.8 Å². The van der Waals surface area contributed by atoms with Gasteiger partial charge in [0.2, 0.25) is 0 Å². The topological polar surface area (TPSA) is 35.2 Å². The van der Waals surface area contributed by atoms with Gasteiger partial charge in [-0.1, -0.05) is 43.7 Å². The number of hydrogen-bond acceptors (Lipinski definition) is 2. The van der Waals surface area contributed by atoms with Gasteiger partial charge >= 0.3 is 0 Å². The summed E-state index contributed by atoms with van der Waals surface area (Å²) in [6.45, 7) is 2.93. The van der Waals surface area contributed by atoms with Crippen LogP contribution >= 0.6 is 0 Å². The highest BCUT2D eigenvalue weighted by Gasteiger charge is 2.05. The van der Waals surface area contributed by atoms with Crippen molar-refractivity contribution in [1.82, 2.24) is 0 Å². The molecular weight excluding hydrogens is 234 g/mol. The molecule has 0 aliphatic carbocycles. The molecule has 2 N–H and O–H groups in total. The summed E-state index contributed by atoms with van der Waals surface area (Å²) in [5.41, 5.74) is 7.06. The standard InChI is InChI=1S/C17H21NO/c1-2-14(13-18)12-15-8-10-17(11-9-15)19-16-6-4-3-5-7-16/h3-11,14H,2,12-13,18H2,1H3. The van der Waals surface area contributed by atoms with E-state index < -0.39 is 0 Å². The maximum absolute atomic E-state index is 5.77. The summed E-state index contributed by atoms with van der Waals surface area (Å²) in [4.78, 5) is 0. The number of hydrogen-bond donors (Lipinski definition) is 1. The van der Waals surface area contributed by atoms with E-state index in [1.807, 2.05) is 42.5 Å². The summed E-state index contributed by atoms with van der Waals surface area (Å²) in [6, 6.07) is 18.1. The van der Waals surface area contributed by atoms with Gasteiger partial charge < -0.3 is 10.5 Å². The summed E-state index contributed by atoms with van der Waals surface area (Å²) in [6.07, 6.45) is 2.16. The fraction of sp³-hybridized carbons (Fsp3) is 0.294. The number of ether oxygens (including phenoxy) is 1. The average Bonchev–Trinajstić information content (AvgIpc) is 2.47. The molecule has 19 heavy (non-hydrogen) atoms. The predicted molar refractivity (Wildman–Crippen MR) is 79.5 cm³/mol. The van der Waals surface area contributed by atoms with Gasteiger partial charge in [-0.3, -0.25) is 0 Å². The minimum absolute atomic E-state index is 0.570. The van der Waals surface area contributed by atoms with Gasteiger partial charge in [-0.25, -0.2) is 0 Å². The molecule has 2 aromatic rings. The van der Waals surface area contributed by atoms with Crippen molar-refractivity contribution in [2.24, 2.45) is 11.7 Å². The van der Waals surface area contributed by atoms with E-state index in [-0.39, 0.29) is 0 Å². The predicted octanol–water partition coefficient (Wildman–Crippen LogP) is 4.01. The molecule has 0 amide bonds. The van der Waals surface area contributed by atoms with Crippen LogP contribution in [0.3, 0.4) is 0 Å². The van der Waals surface area contributed by atoms with Gasteiger partial charge in [0.1, 0.15) is 11.5 Å². The van der Waals surface area contributed by atoms with E-state index in [1.54, 1.807) is 0 Å². The molecule has 0 saturated heterocycles. The van der Waals surface area contributed by atoms with Crippen molar-refractivity contribution >= 4 is 0 Å². The average molecular weight is 255 g/mol. The lowest BCUT2D eigenvalue weighted by atomic mass is 9.97. The summed E-state index contributed by atoms with van der Waals surface area (Å²) >= 11 is 0. The molecule has 100 valence electrons. The van der Waals surface area contributed by atoms with Gasteiger partial charge in [0.15, 0.2) is 0 Å².